The topological polar surface area (TPSA) is 0 Å². The minimum Gasteiger partial charge on any atom is -0.0622 e. The molecule has 0 aliphatic heterocycles. The first-order valence-corrected chi connectivity index (χ1v) is 14.9. The van der Waals surface area contributed by atoms with E-state index in [2.05, 4.69) is 135 Å². The van der Waals surface area contributed by atoms with Crippen molar-refractivity contribution in [3.63, 3.8) is 0 Å². The first kappa shape index (κ1) is 22.5. The Morgan fingerprint density at radius 3 is 1.62 bits per heavy atom. The standard InChI is InChI=1S/C42H26/c1-23-34-22-37-32-19-18-28(25-10-4-3-5-11-25)30-14-8-16-31(41(30)32)36(37)21-35(34)24(2)40-38-20-26-12-6-7-13-27(26)29-15-9-17-33(39(23)40)42(29)38/h3-22H,1-2H3. The van der Waals surface area contributed by atoms with Gasteiger partial charge in [0.2, 0.25) is 0 Å². The lowest BCUT2D eigenvalue weighted by Gasteiger charge is -2.11. The molecule has 0 radical (unpaired) electrons. The zero-order valence-corrected chi connectivity index (χ0v) is 23.5. The predicted molar refractivity (Wildman–Crippen MR) is 184 cm³/mol. The number of rotatable bonds is 1. The molecule has 0 heterocycles. The highest BCUT2D eigenvalue weighted by Crippen LogP contribution is 2.49. The molecule has 0 fully saturated rings. The molecule has 10 rings (SSSR count). The van der Waals surface area contributed by atoms with Crippen LogP contribution in [0.2, 0.25) is 0 Å². The molecule has 10 aromatic carbocycles. The van der Waals surface area contributed by atoms with Gasteiger partial charge < -0.3 is 0 Å². The minimum absolute atomic E-state index is 1.27. The van der Waals surface area contributed by atoms with E-state index in [-0.39, 0.29) is 0 Å². The molecule has 194 valence electrons. The van der Waals surface area contributed by atoms with Crippen LogP contribution in [0, 0.1) is 13.8 Å². The summed E-state index contributed by atoms with van der Waals surface area (Å²) in [5, 5.41) is 21.9. The van der Waals surface area contributed by atoms with Crippen molar-refractivity contribution in [3.05, 3.63) is 132 Å². The Balaban J connectivity index is 1.39. The van der Waals surface area contributed by atoms with Gasteiger partial charge in [0.05, 0.1) is 0 Å². The molecule has 0 nitrogen and oxygen atoms in total. The summed E-state index contributed by atoms with van der Waals surface area (Å²) >= 11 is 0. The van der Waals surface area contributed by atoms with Crippen LogP contribution in [0.25, 0.3) is 97.3 Å². The molecule has 0 saturated heterocycles. The zero-order chi connectivity index (χ0) is 27.7. The van der Waals surface area contributed by atoms with Crippen LogP contribution in [0.3, 0.4) is 0 Å². The molecule has 0 aliphatic carbocycles. The van der Waals surface area contributed by atoms with Crippen LogP contribution < -0.4 is 0 Å². The van der Waals surface area contributed by atoms with E-state index in [0.29, 0.717) is 0 Å². The highest BCUT2D eigenvalue weighted by atomic mass is 14.2. The average Bonchev–Trinajstić information content (AvgIpc) is 3.54. The lowest BCUT2D eigenvalue weighted by atomic mass is 9.92. The van der Waals surface area contributed by atoms with Crippen molar-refractivity contribution in [2.75, 3.05) is 0 Å². The van der Waals surface area contributed by atoms with E-state index in [1.165, 1.54) is 108 Å². The maximum absolute atomic E-state index is 2.49. The fraction of sp³-hybridized carbons (Fsp3) is 0.0476. The first-order valence-electron chi connectivity index (χ1n) is 14.9. The molecule has 0 heteroatoms. The maximum atomic E-state index is 2.49. The number of hydrogen-bond donors (Lipinski definition) is 0. The summed E-state index contributed by atoms with van der Waals surface area (Å²) in [4.78, 5) is 0. The van der Waals surface area contributed by atoms with E-state index in [0.717, 1.165) is 0 Å². The third-order valence-electron chi connectivity index (χ3n) is 10.1. The second-order valence-electron chi connectivity index (χ2n) is 12.1. The highest BCUT2D eigenvalue weighted by Gasteiger charge is 2.21. The Kier molecular flexibility index (Phi) is 4.15. The van der Waals surface area contributed by atoms with E-state index in [4.69, 9.17) is 0 Å². The Hall–Kier alpha value is -5.20. The summed E-state index contributed by atoms with van der Waals surface area (Å²) in [5.74, 6) is 0. The molecule has 0 saturated carbocycles. The monoisotopic (exact) mass is 530 g/mol. The van der Waals surface area contributed by atoms with Gasteiger partial charge in [0, 0.05) is 0 Å². The van der Waals surface area contributed by atoms with Gasteiger partial charge in [-0.05, 0) is 140 Å². The highest BCUT2D eigenvalue weighted by molar-refractivity contribution is 6.39. The van der Waals surface area contributed by atoms with Gasteiger partial charge >= 0.3 is 0 Å². The number of fused-ring (bicyclic) bond motifs is 9. The minimum atomic E-state index is 1.27. The largest absolute Gasteiger partial charge is 0.0622 e. The summed E-state index contributed by atoms with van der Waals surface area (Å²) in [5.41, 5.74) is 5.34. The van der Waals surface area contributed by atoms with E-state index in [1.807, 2.05) is 0 Å². The van der Waals surface area contributed by atoms with Gasteiger partial charge in [-0.15, -0.1) is 0 Å². The second kappa shape index (κ2) is 7.75. The Labute approximate surface area is 243 Å². The number of hydrogen-bond acceptors (Lipinski definition) is 0. The van der Waals surface area contributed by atoms with Crippen molar-refractivity contribution in [2.45, 2.75) is 13.8 Å². The second-order valence-corrected chi connectivity index (χ2v) is 12.1. The smallest absolute Gasteiger partial charge is 0.00197 e. The zero-order valence-electron chi connectivity index (χ0n) is 23.5. The van der Waals surface area contributed by atoms with Crippen molar-refractivity contribution in [3.8, 4) is 11.1 Å². The lowest BCUT2D eigenvalue weighted by Crippen LogP contribution is -1.86. The molecular weight excluding hydrogens is 504 g/mol. The fourth-order valence-corrected chi connectivity index (χ4v) is 8.28. The van der Waals surface area contributed by atoms with Gasteiger partial charge in [-0.25, -0.2) is 0 Å². The van der Waals surface area contributed by atoms with E-state index >= 15 is 0 Å². The fourth-order valence-electron chi connectivity index (χ4n) is 8.28. The van der Waals surface area contributed by atoms with Gasteiger partial charge in [0.1, 0.15) is 0 Å². The van der Waals surface area contributed by atoms with E-state index in [1.54, 1.807) is 0 Å². The van der Waals surface area contributed by atoms with Gasteiger partial charge in [-0.3, -0.25) is 0 Å². The molecule has 0 aromatic heterocycles. The average molecular weight is 531 g/mol. The van der Waals surface area contributed by atoms with E-state index < -0.39 is 0 Å². The lowest BCUT2D eigenvalue weighted by molar-refractivity contribution is 1.56. The summed E-state index contributed by atoms with van der Waals surface area (Å²) in [6.45, 7) is 4.68. The third-order valence-corrected chi connectivity index (χ3v) is 10.1. The molecule has 0 bridgehead atoms. The van der Waals surface area contributed by atoms with E-state index in [9.17, 15) is 0 Å². The van der Waals surface area contributed by atoms with Crippen molar-refractivity contribution < 1.29 is 0 Å². The Bertz CT molecular complexity index is 2730. The molecule has 42 heavy (non-hydrogen) atoms. The quantitative estimate of drug-likeness (QED) is 0.185. The van der Waals surface area contributed by atoms with Crippen LogP contribution in [0.1, 0.15) is 11.1 Å². The van der Waals surface area contributed by atoms with Gasteiger partial charge in [0.25, 0.3) is 0 Å². The number of aryl methyl sites for hydroxylation is 2. The molecular formula is C42H26. The maximum Gasteiger partial charge on any atom is -0.00197 e. The molecule has 0 aliphatic rings. The van der Waals surface area contributed by atoms with Crippen molar-refractivity contribution in [1.29, 1.82) is 0 Å². The van der Waals surface area contributed by atoms with Crippen LogP contribution >= 0.6 is 0 Å². The first-order chi connectivity index (χ1) is 20.7. The van der Waals surface area contributed by atoms with Crippen molar-refractivity contribution in [1.82, 2.24) is 0 Å². The van der Waals surface area contributed by atoms with Crippen LogP contribution in [-0.4, -0.2) is 0 Å². The molecule has 0 amide bonds. The summed E-state index contributed by atoms with van der Waals surface area (Å²) in [6, 6.07) is 45.4. The molecule has 0 atom stereocenters. The van der Waals surface area contributed by atoms with Gasteiger partial charge in [0.15, 0.2) is 0 Å². The summed E-state index contributed by atoms with van der Waals surface area (Å²) < 4.78 is 0. The van der Waals surface area contributed by atoms with Crippen molar-refractivity contribution in [2.24, 2.45) is 0 Å². The van der Waals surface area contributed by atoms with Crippen LogP contribution in [0.15, 0.2) is 121 Å². The SMILES string of the molecule is Cc1c2cc3c(cc2c(C)c2c4cc5ccccc5c5cccc(c12)c54)c1cccc2c(-c4ccccc4)ccc3c21. The normalized spacial score (nSPS) is 12.5. The molecule has 10 aromatic rings. The molecule has 0 spiro atoms. The van der Waals surface area contributed by atoms with Gasteiger partial charge in [-0.2, -0.15) is 0 Å². The molecule has 0 N–H and O–H groups in total. The third kappa shape index (κ3) is 2.64. The Morgan fingerprint density at radius 2 is 0.857 bits per heavy atom. The summed E-state index contributed by atoms with van der Waals surface area (Å²) in [7, 11) is 0. The van der Waals surface area contributed by atoms with Crippen molar-refractivity contribution >= 4 is 86.2 Å². The Morgan fingerprint density at radius 1 is 0.310 bits per heavy atom. The predicted octanol–water partition coefficient (Wildman–Crippen LogP) is 12.1. The van der Waals surface area contributed by atoms with Crippen LogP contribution in [0.5, 0.6) is 0 Å². The number of benzene rings is 8. The molecule has 0 unspecified atom stereocenters. The van der Waals surface area contributed by atoms with Gasteiger partial charge in [-0.1, -0.05) is 103 Å². The van der Waals surface area contributed by atoms with Crippen LogP contribution in [0.4, 0.5) is 0 Å². The van der Waals surface area contributed by atoms with Crippen LogP contribution in [-0.2, 0) is 0 Å². The summed E-state index contributed by atoms with van der Waals surface area (Å²) in [6.07, 6.45) is 0.